The van der Waals surface area contributed by atoms with E-state index in [1.165, 1.54) is 17.3 Å². The number of carbonyl (C=O) groups excluding carboxylic acids is 1. The van der Waals surface area contributed by atoms with Crippen LogP contribution in [0.25, 0.3) is 5.69 Å². The molecule has 1 N–H and O–H groups in total. The molecule has 1 amide bonds. The molecule has 0 aliphatic carbocycles. The molecule has 1 unspecified atom stereocenters. The normalized spacial score (nSPS) is 11.7. The van der Waals surface area contributed by atoms with E-state index >= 15 is 0 Å². The Labute approximate surface area is 227 Å². The molecule has 38 heavy (non-hydrogen) atoms. The van der Waals surface area contributed by atoms with Crippen molar-refractivity contribution in [1.29, 1.82) is 0 Å². The Morgan fingerprint density at radius 1 is 0.921 bits per heavy atom. The topological polar surface area (TPSA) is 87.5 Å². The van der Waals surface area contributed by atoms with Gasteiger partial charge in [-0.1, -0.05) is 55.9 Å². The van der Waals surface area contributed by atoms with Crippen molar-refractivity contribution in [1.82, 2.24) is 14.8 Å². The zero-order valence-corrected chi connectivity index (χ0v) is 23.0. The fraction of sp³-hybridized carbons (Fsp3) is 0.276. The summed E-state index contributed by atoms with van der Waals surface area (Å²) in [5.74, 6) is 2.94. The number of nitrogens with zero attached hydrogens (tertiary/aromatic N) is 3. The highest BCUT2D eigenvalue weighted by molar-refractivity contribution is 7.99. The maximum Gasteiger partial charge on any atom is 0.234 e. The van der Waals surface area contributed by atoms with Crippen LogP contribution in [-0.4, -0.2) is 40.6 Å². The number of anilines is 1. The van der Waals surface area contributed by atoms with Crippen LogP contribution < -0.4 is 19.5 Å². The standard InChI is InChI=1S/C29H32N4O4S/c1-19(2)21-11-13-23(14-12-21)37-20(3)28-31-32-29(33(28)22-9-7-6-8-10-22)38-18-27(34)30-25-16-15-24(35-4)17-26(25)36-5/h6-17,19-20H,18H2,1-5H3,(H,30,34). The predicted octanol–water partition coefficient (Wildman–Crippen LogP) is 6.28. The van der Waals surface area contributed by atoms with E-state index in [4.69, 9.17) is 14.2 Å². The van der Waals surface area contributed by atoms with Crippen LogP contribution >= 0.6 is 11.8 Å². The van der Waals surface area contributed by atoms with Gasteiger partial charge < -0.3 is 19.5 Å². The number of hydrogen-bond donors (Lipinski definition) is 1. The smallest absolute Gasteiger partial charge is 0.234 e. The molecule has 1 atom stereocenters. The first-order valence-electron chi connectivity index (χ1n) is 12.3. The lowest BCUT2D eigenvalue weighted by molar-refractivity contribution is -0.113. The van der Waals surface area contributed by atoms with Crippen LogP contribution in [0.5, 0.6) is 17.2 Å². The molecular formula is C29H32N4O4S. The van der Waals surface area contributed by atoms with E-state index < -0.39 is 0 Å². The molecule has 1 heterocycles. The Kier molecular flexibility index (Phi) is 8.91. The lowest BCUT2D eigenvalue weighted by Crippen LogP contribution is -2.16. The van der Waals surface area contributed by atoms with Crippen LogP contribution in [0.3, 0.4) is 0 Å². The summed E-state index contributed by atoms with van der Waals surface area (Å²) in [6, 6.07) is 23.1. The van der Waals surface area contributed by atoms with Gasteiger partial charge >= 0.3 is 0 Å². The van der Waals surface area contributed by atoms with Gasteiger partial charge in [-0.05, 0) is 54.8 Å². The van der Waals surface area contributed by atoms with Crippen LogP contribution in [0.4, 0.5) is 5.69 Å². The fourth-order valence-electron chi connectivity index (χ4n) is 3.86. The summed E-state index contributed by atoms with van der Waals surface area (Å²) in [4.78, 5) is 12.8. The molecule has 0 aliphatic rings. The number of ether oxygens (including phenoxy) is 3. The maximum atomic E-state index is 12.8. The summed E-state index contributed by atoms with van der Waals surface area (Å²) >= 11 is 1.30. The number of aromatic nitrogens is 3. The van der Waals surface area contributed by atoms with E-state index in [-0.39, 0.29) is 17.8 Å². The Bertz CT molecular complexity index is 1360. The summed E-state index contributed by atoms with van der Waals surface area (Å²) < 4.78 is 18.8. The molecule has 9 heteroatoms. The summed E-state index contributed by atoms with van der Waals surface area (Å²) in [6.45, 7) is 6.26. The van der Waals surface area contributed by atoms with Gasteiger partial charge in [0.15, 0.2) is 17.1 Å². The quantitative estimate of drug-likeness (QED) is 0.228. The van der Waals surface area contributed by atoms with Gasteiger partial charge in [-0.2, -0.15) is 0 Å². The number of thioether (sulfide) groups is 1. The van der Waals surface area contributed by atoms with Crippen molar-refractivity contribution in [3.63, 3.8) is 0 Å². The van der Waals surface area contributed by atoms with Gasteiger partial charge in [-0.15, -0.1) is 10.2 Å². The molecule has 0 saturated heterocycles. The van der Waals surface area contributed by atoms with E-state index in [2.05, 4.69) is 41.5 Å². The van der Waals surface area contributed by atoms with Gasteiger partial charge in [-0.25, -0.2) is 0 Å². The zero-order chi connectivity index (χ0) is 27.1. The van der Waals surface area contributed by atoms with E-state index in [0.29, 0.717) is 34.1 Å². The highest BCUT2D eigenvalue weighted by atomic mass is 32.2. The third-order valence-electron chi connectivity index (χ3n) is 5.91. The van der Waals surface area contributed by atoms with E-state index in [1.54, 1.807) is 32.4 Å². The number of nitrogens with one attached hydrogen (secondary N) is 1. The minimum atomic E-state index is -0.376. The molecule has 198 valence electrons. The first-order chi connectivity index (χ1) is 18.4. The second kappa shape index (κ2) is 12.5. The van der Waals surface area contributed by atoms with Crippen molar-refractivity contribution in [2.75, 3.05) is 25.3 Å². The highest BCUT2D eigenvalue weighted by Gasteiger charge is 2.22. The van der Waals surface area contributed by atoms with Crippen molar-refractivity contribution in [2.45, 2.75) is 37.9 Å². The first kappa shape index (κ1) is 27.1. The monoisotopic (exact) mass is 532 g/mol. The van der Waals surface area contributed by atoms with E-state index in [1.807, 2.05) is 54.0 Å². The molecule has 0 spiro atoms. The molecule has 4 rings (SSSR count). The van der Waals surface area contributed by atoms with Crippen molar-refractivity contribution in [3.8, 4) is 22.9 Å². The zero-order valence-electron chi connectivity index (χ0n) is 22.2. The molecule has 4 aromatic rings. The van der Waals surface area contributed by atoms with Gasteiger partial charge in [0.25, 0.3) is 0 Å². The number of carbonyl (C=O) groups is 1. The van der Waals surface area contributed by atoms with Crippen LogP contribution in [-0.2, 0) is 4.79 Å². The SMILES string of the molecule is COc1ccc(NC(=O)CSc2nnc(C(C)Oc3ccc(C(C)C)cc3)n2-c2ccccc2)c(OC)c1. The molecule has 0 radical (unpaired) electrons. The number of methoxy groups -OCH3 is 2. The van der Waals surface area contributed by atoms with Crippen molar-refractivity contribution in [2.24, 2.45) is 0 Å². The van der Waals surface area contributed by atoms with Gasteiger partial charge in [0.05, 0.1) is 25.7 Å². The molecule has 0 fully saturated rings. The van der Waals surface area contributed by atoms with Gasteiger partial charge in [0.2, 0.25) is 5.91 Å². The van der Waals surface area contributed by atoms with Crippen LogP contribution in [0.1, 0.15) is 44.2 Å². The van der Waals surface area contributed by atoms with Crippen LogP contribution in [0.2, 0.25) is 0 Å². The average molecular weight is 533 g/mol. The Morgan fingerprint density at radius 2 is 1.63 bits per heavy atom. The fourth-order valence-corrected chi connectivity index (χ4v) is 4.62. The number of benzene rings is 3. The summed E-state index contributed by atoms with van der Waals surface area (Å²) in [5.41, 5.74) is 2.70. The molecular weight excluding hydrogens is 500 g/mol. The third kappa shape index (κ3) is 6.47. The summed E-state index contributed by atoms with van der Waals surface area (Å²) in [6.07, 6.45) is -0.376. The van der Waals surface area contributed by atoms with Gasteiger partial charge in [-0.3, -0.25) is 9.36 Å². The molecule has 0 saturated carbocycles. The van der Waals surface area contributed by atoms with Crippen LogP contribution in [0, 0.1) is 0 Å². The molecule has 3 aromatic carbocycles. The second-order valence-electron chi connectivity index (χ2n) is 8.90. The highest BCUT2D eigenvalue weighted by Crippen LogP contribution is 2.31. The lowest BCUT2D eigenvalue weighted by Gasteiger charge is -2.17. The van der Waals surface area contributed by atoms with Gasteiger partial charge in [0, 0.05) is 11.8 Å². The minimum Gasteiger partial charge on any atom is -0.497 e. The largest absolute Gasteiger partial charge is 0.497 e. The Balaban J connectivity index is 1.51. The summed E-state index contributed by atoms with van der Waals surface area (Å²) in [5, 5.41) is 12.3. The van der Waals surface area contributed by atoms with Crippen molar-refractivity contribution >= 4 is 23.4 Å². The van der Waals surface area contributed by atoms with E-state index in [0.717, 1.165) is 11.4 Å². The molecule has 0 aliphatic heterocycles. The lowest BCUT2D eigenvalue weighted by atomic mass is 10.0. The van der Waals surface area contributed by atoms with Crippen molar-refractivity contribution < 1.29 is 19.0 Å². The summed E-state index contributed by atoms with van der Waals surface area (Å²) in [7, 11) is 3.13. The number of amides is 1. The van der Waals surface area contributed by atoms with Gasteiger partial charge in [0.1, 0.15) is 17.2 Å². The van der Waals surface area contributed by atoms with Crippen LogP contribution in [0.15, 0.2) is 78.0 Å². The molecule has 8 nitrogen and oxygen atoms in total. The van der Waals surface area contributed by atoms with E-state index in [9.17, 15) is 4.79 Å². The minimum absolute atomic E-state index is 0.131. The predicted molar refractivity (Wildman–Crippen MR) is 150 cm³/mol. The number of para-hydroxylation sites is 1. The Morgan fingerprint density at radius 3 is 2.29 bits per heavy atom. The molecule has 1 aromatic heterocycles. The first-order valence-corrected chi connectivity index (χ1v) is 13.3. The third-order valence-corrected chi connectivity index (χ3v) is 6.84. The Hall–Kier alpha value is -3.98. The number of rotatable bonds is 11. The maximum absolute atomic E-state index is 12.8. The number of hydrogen-bond acceptors (Lipinski definition) is 7. The second-order valence-corrected chi connectivity index (χ2v) is 9.84. The average Bonchev–Trinajstić information content (AvgIpc) is 3.37. The molecule has 0 bridgehead atoms. The van der Waals surface area contributed by atoms with Crippen molar-refractivity contribution in [3.05, 3.63) is 84.2 Å².